The maximum atomic E-state index is 13.6. The second-order valence-corrected chi connectivity index (χ2v) is 9.62. The van der Waals surface area contributed by atoms with Crippen LogP contribution in [0.1, 0.15) is 49.3 Å². The van der Waals surface area contributed by atoms with Crippen molar-refractivity contribution in [2.45, 2.75) is 56.4 Å². The van der Waals surface area contributed by atoms with Crippen LogP contribution in [0.3, 0.4) is 0 Å². The van der Waals surface area contributed by atoms with E-state index in [0.29, 0.717) is 12.8 Å². The normalized spacial score (nSPS) is 22.3. The van der Waals surface area contributed by atoms with E-state index in [1.165, 1.54) is 24.3 Å². The Morgan fingerprint density at radius 2 is 1.89 bits per heavy atom. The molecule has 1 aliphatic carbocycles. The van der Waals surface area contributed by atoms with Crippen LogP contribution in [-0.4, -0.2) is 25.7 Å². The van der Waals surface area contributed by atoms with Crippen LogP contribution < -0.4 is 0 Å². The van der Waals surface area contributed by atoms with Gasteiger partial charge in [0.1, 0.15) is 5.82 Å². The topological polar surface area (TPSA) is 63.6 Å². The van der Waals surface area contributed by atoms with Crippen LogP contribution in [-0.2, 0) is 20.7 Å². The molecule has 1 aliphatic rings. The van der Waals surface area contributed by atoms with E-state index in [0.717, 1.165) is 16.7 Å². The molecule has 2 unspecified atom stereocenters. The summed E-state index contributed by atoms with van der Waals surface area (Å²) < 4.78 is 43.6. The lowest BCUT2D eigenvalue weighted by Crippen LogP contribution is -2.44. The van der Waals surface area contributed by atoms with Crippen molar-refractivity contribution in [3.63, 3.8) is 0 Å². The summed E-state index contributed by atoms with van der Waals surface area (Å²) in [6, 6.07) is 11.2. The van der Waals surface area contributed by atoms with Gasteiger partial charge < -0.3 is 5.11 Å². The molecule has 2 aromatic rings. The first-order chi connectivity index (χ1) is 13.1. The minimum Gasteiger partial charge on any atom is -0.389 e. The van der Waals surface area contributed by atoms with Crippen LogP contribution in [0.5, 0.6) is 0 Å². The Labute approximate surface area is 166 Å². The summed E-state index contributed by atoms with van der Waals surface area (Å²) in [4.78, 5) is 0.106. The van der Waals surface area contributed by atoms with E-state index >= 15 is 0 Å². The Bertz CT molecular complexity index is 938. The Morgan fingerprint density at radius 1 is 1.21 bits per heavy atom. The zero-order valence-corrected chi connectivity index (χ0v) is 17.3. The minimum absolute atomic E-state index is 0.105. The highest BCUT2D eigenvalue weighted by molar-refractivity contribution is 7.86. The summed E-state index contributed by atoms with van der Waals surface area (Å²) in [5.41, 5.74) is 1.72. The predicted octanol–water partition coefficient (Wildman–Crippen LogP) is 4.35. The van der Waals surface area contributed by atoms with Gasteiger partial charge in [0.25, 0.3) is 10.1 Å². The number of aryl methyl sites for hydroxylation is 2. The Morgan fingerprint density at radius 3 is 2.54 bits per heavy atom. The van der Waals surface area contributed by atoms with E-state index in [2.05, 4.69) is 0 Å². The third kappa shape index (κ3) is 4.29. The van der Waals surface area contributed by atoms with Crippen molar-refractivity contribution in [2.24, 2.45) is 5.92 Å². The highest BCUT2D eigenvalue weighted by Crippen LogP contribution is 2.45. The number of fused-ring (bicyclic) bond motifs is 1. The van der Waals surface area contributed by atoms with E-state index < -0.39 is 15.7 Å². The fraction of sp³-hybridized carbons (Fsp3) is 0.455. The molecule has 2 atom stereocenters. The average molecular weight is 407 g/mol. The van der Waals surface area contributed by atoms with Crippen molar-refractivity contribution in [1.82, 2.24) is 0 Å². The van der Waals surface area contributed by atoms with Gasteiger partial charge in [0, 0.05) is 12.3 Å². The average Bonchev–Trinajstić information content (AvgIpc) is 2.61. The highest BCUT2D eigenvalue weighted by Gasteiger charge is 2.43. The lowest BCUT2D eigenvalue weighted by atomic mass is 9.66. The van der Waals surface area contributed by atoms with Gasteiger partial charge in [-0.1, -0.05) is 37.6 Å². The van der Waals surface area contributed by atoms with Crippen LogP contribution in [0.15, 0.2) is 47.4 Å². The van der Waals surface area contributed by atoms with Crippen molar-refractivity contribution >= 4 is 10.1 Å². The van der Waals surface area contributed by atoms with Gasteiger partial charge in [0.2, 0.25) is 0 Å². The van der Waals surface area contributed by atoms with Crippen LogP contribution in [0.4, 0.5) is 4.39 Å². The smallest absolute Gasteiger partial charge is 0.296 e. The third-order valence-electron chi connectivity index (χ3n) is 5.60. The molecular weight excluding hydrogens is 379 g/mol. The van der Waals surface area contributed by atoms with E-state index in [1.807, 2.05) is 20.8 Å². The van der Waals surface area contributed by atoms with E-state index in [9.17, 15) is 17.9 Å². The van der Waals surface area contributed by atoms with Crippen LogP contribution in [0.25, 0.3) is 0 Å². The maximum Gasteiger partial charge on any atom is 0.296 e. The summed E-state index contributed by atoms with van der Waals surface area (Å²) in [6.07, 6.45) is 1.19. The number of hydrogen-bond acceptors (Lipinski definition) is 4. The van der Waals surface area contributed by atoms with Crippen LogP contribution in [0.2, 0.25) is 0 Å². The van der Waals surface area contributed by atoms with E-state index in [-0.39, 0.29) is 35.6 Å². The predicted molar refractivity (Wildman–Crippen MR) is 106 cm³/mol. The van der Waals surface area contributed by atoms with Crippen molar-refractivity contribution < 1.29 is 22.1 Å². The fourth-order valence-electron chi connectivity index (χ4n) is 4.25. The summed E-state index contributed by atoms with van der Waals surface area (Å²) in [5, 5.41) is 11.4. The van der Waals surface area contributed by atoms with Gasteiger partial charge in [-0.3, -0.25) is 4.18 Å². The van der Waals surface area contributed by atoms with Crippen molar-refractivity contribution in [3.8, 4) is 0 Å². The Kier molecular flexibility index (Phi) is 5.94. The molecule has 0 fully saturated rings. The zero-order valence-electron chi connectivity index (χ0n) is 16.5. The fourth-order valence-corrected chi connectivity index (χ4v) is 5.16. The highest BCUT2D eigenvalue weighted by atomic mass is 32.2. The van der Waals surface area contributed by atoms with Gasteiger partial charge in [-0.25, -0.2) is 4.39 Å². The molecule has 0 saturated carbocycles. The molecule has 152 valence electrons. The molecule has 0 aliphatic heterocycles. The Balaban J connectivity index is 1.75. The first-order valence-corrected chi connectivity index (χ1v) is 11.0. The number of benzene rings is 2. The molecule has 4 nitrogen and oxygen atoms in total. The molecule has 0 amide bonds. The minimum atomic E-state index is -3.87. The molecule has 0 radical (unpaired) electrons. The number of rotatable bonds is 6. The number of halogens is 1. The molecule has 6 heteroatoms. The van der Waals surface area contributed by atoms with E-state index in [1.54, 1.807) is 18.2 Å². The zero-order chi connectivity index (χ0) is 20.5. The molecule has 0 bridgehead atoms. The summed E-state index contributed by atoms with van der Waals surface area (Å²) in [6.45, 7) is 5.80. The van der Waals surface area contributed by atoms with Crippen LogP contribution >= 0.6 is 0 Å². The van der Waals surface area contributed by atoms with Gasteiger partial charge in [0.05, 0.1) is 17.1 Å². The standard InChI is InChI=1S/C22H27FO4S/c1-15(2)21-20-9-6-18(23)14-17(20)10-11-22(21,24)12-13-27-28(25,26)19-7-4-16(3)5-8-19/h4-9,14-15,21,24H,10-13H2,1-3H3. The summed E-state index contributed by atoms with van der Waals surface area (Å²) in [5.74, 6) is -0.370. The summed E-state index contributed by atoms with van der Waals surface area (Å²) >= 11 is 0. The van der Waals surface area contributed by atoms with Crippen LogP contribution in [0, 0.1) is 18.7 Å². The second kappa shape index (κ2) is 7.93. The maximum absolute atomic E-state index is 13.6. The molecule has 1 N–H and O–H groups in total. The van der Waals surface area contributed by atoms with Crippen molar-refractivity contribution in [2.75, 3.05) is 6.61 Å². The van der Waals surface area contributed by atoms with Crippen molar-refractivity contribution in [1.29, 1.82) is 0 Å². The monoisotopic (exact) mass is 406 g/mol. The molecular formula is C22H27FO4S. The number of aliphatic hydroxyl groups is 1. The third-order valence-corrected chi connectivity index (χ3v) is 6.92. The summed E-state index contributed by atoms with van der Waals surface area (Å²) in [7, 11) is -3.87. The SMILES string of the molecule is Cc1ccc(S(=O)(=O)OCCC2(O)CCc3cc(F)ccc3C2C(C)C)cc1. The molecule has 3 rings (SSSR count). The van der Waals surface area contributed by atoms with Gasteiger partial charge >= 0.3 is 0 Å². The first-order valence-electron chi connectivity index (χ1n) is 9.59. The molecule has 0 spiro atoms. The lowest BCUT2D eigenvalue weighted by molar-refractivity contribution is -0.0328. The lowest BCUT2D eigenvalue weighted by Gasteiger charge is -2.43. The Hall–Kier alpha value is -1.76. The van der Waals surface area contributed by atoms with Crippen molar-refractivity contribution in [3.05, 3.63) is 65.0 Å². The van der Waals surface area contributed by atoms with Gasteiger partial charge in [-0.05, 0) is 61.1 Å². The molecule has 0 saturated heterocycles. The largest absolute Gasteiger partial charge is 0.389 e. The quantitative estimate of drug-likeness (QED) is 0.725. The second-order valence-electron chi connectivity index (χ2n) is 8.01. The molecule has 0 heterocycles. The van der Waals surface area contributed by atoms with Gasteiger partial charge in [0.15, 0.2) is 0 Å². The first kappa shape index (κ1) is 21.0. The molecule has 0 aromatic heterocycles. The van der Waals surface area contributed by atoms with E-state index in [4.69, 9.17) is 4.18 Å². The molecule has 28 heavy (non-hydrogen) atoms. The molecule has 2 aromatic carbocycles. The number of hydrogen-bond donors (Lipinski definition) is 1. The van der Waals surface area contributed by atoms with Gasteiger partial charge in [-0.2, -0.15) is 8.42 Å². The van der Waals surface area contributed by atoms with Gasteiger partial charge in [-0.15, -0.1) is 0 Å².